The van der Waals surface area contributed by atoms with E-state index in [0.717, 1.165) is 133 Å². The van der Waals surface area contributed by atoms with Gasteiger partial charge in [0.1, 0.15) is 11.2 Å². The second-order valence-electron chi connectivity index (χ2n) is 20.4. The van der Waals surface area contributed by atoms with Crippen LogP contribution in [0.1, 0.15) is 115 Å². The molecule has 0 unspecified atom stereocenters. The largest absolute Gasteiger partial charge is 0.508 e. The van der Waals surface area contributed by atoms with Crippen molar-refractivity contribution >= 4 is 55.9 Å². The zero-order chi connectivity index (χ0) is 49.3. The van der Waals surface area contributed by atoms with Gasteiger partial charge < -0.3 is 37.6 Å². The Labute approximate surface area is 423 Å². The van der Waals surface area contributed by atoms with Gasteiger partial charge in [0.05, 0.1) is 48.5 Å². The molecule has 374 valence electrons. The lowest BCUT2D eigenvalue weighted by Crippen LogP contribution is -2.34. The van der Waals surface area contributed by atoms with E-state index in [2.05, 4.69) is 143 Å². The van der Waals surface area contributed by atoms with Crippen molar-refractivity contribution in [2.45, 2.75) is 128 Å². The summed E-state index contributed by atoms with van der Waals surface area (Å²) in [6.07, 6.45) is 12.3. The molecule has 0 bridgehead atoms. The third-order valence-corrected chi connectivity index (χ3v) is 14.9. The Balaban J connectivity index is 0.785. The summed E-state index contributed by atoms with van der Waals surface area (Å²) in [4.78, 5) is 24.5. The second kappa shape index (κ2) is 22.4. The number of benzene rings is 6. The van der Waals surface area contributed by atoms with Crippen molar-refractivity contribution in [1.29, 1.82) is 0 Å². The zero-order valence-corrected chi connectivity index (χ0v) is 42.0. The van der Waals surface area contributed by atoms with Crippen LogP contribution in [0.2, 0.25) is 0 Å². The molecule has 2 aliphatic carbocycles. The fourth-order valence-electron chi connectivity index (χ4n) is 10.9. The highest BCUT2D eigenvalue weighted by Crippen LogP contribution is 2.39. The molecule has 2 fully saturated rings. The number of aromatic nitrogens is 2. The fraction of sp³-hybridized carbons (Fsp3) is 0.387. The second-order valence-corrected chi connectivity index (χ2v) is 20.4. The van der Waals surface area contributed by atoms with Crippen LogP contribution in [0.4, 0.5) is 9.59 Å². The minimum absolute atomic E-state index is 0.334. The molecule has 0 spiro atoms. The first-order valence-electron chi connectivity index (χ1n) is 26.4. The van der Waals surface area contributed by atoms with E-state index in [4.69, 9.17) is 28.4 Å². The molecular weight excluding hydrogens is 901 g/mol. The molecule has 2 aliphatic rings. The average molecular weight is 969 g/mol. The van der Waals surface area contributed by atoms with Crippen LogP contribution in [-0.2, 0) is 41.6 Å². The number of nitrogens with zero attached hydrogens (tertiary/aromatic N) is 2. The van der Waals surface area contributed by atoms with Crippen LogP contribution in [-0.4, -0.2) is 59.1 Å². The van der Waals surface area contributed by atoms with Crippen LogP contribution < -0.4 is 0 Å². The molecule has 0 radical (unpaired) electrons. The van der Waals surface area contributed by atoms with Gasteiger partial charge in [-0.2, -0.15) is 0 Å². The summed E-state index contributed by atoms with van der Waals surface area (Å²) in [5.41, 5.74) is 10.5. The molecule has 2 aromatic heterocycles. The summed E-state index contributed by atoms with van der Waals surface area (Å²) in [6, 6.07) is 48.3. The number of hydrogen-bond acceptors (Lipinski definition) is 8. The van der Waals surface area contributed by atoms with E-state index in [1.807, 2.05) is 13.8 Å². The highest BCUT2D eigenvalue weighted by molar-refractivity contribution is 6.12. The summed E-state index contributed by atoms with van der Waals surface area (Å²) in [7, 11) is 0. The van der Waals surface area contributed by atoms with E-state index in [1.54, 1.807) is 0 Å². The minimum atomic E-state index is -0.555. The summed E-state index contributed by atoms with van der Waals surface area (Å²) in [6.45, 7) is 6.88. The van der Waals surface area contributed by atoms with Crippen LogP contribution in [0.15, 0.2) is 133 Å². The Hall–Kier alpha value is -6.62. The van der Waals surface area contributed by atoms with Gasteiger partial charge in [0.25, 0.3) is 0 Å². The molecule has 2 saturated carbocycles. The van der Waals surface area contributed by atoms with Gasteiger partial charge in [0, 0.05) is 46.1 Å². The van der Waals surface area contributed by atoms with E-state index in [1.165, 1.54) is 34.4 Å². The summed E-state index contributed by atoms with van der Waals surface area (Å²) in [5.74, 6) is 0. The number of unbranched alkanes of at least 4 members (excludes halogenated alkanes) is 2. The van der Waals surface area contributed by atoms with Crippen molar-refractivity contribution in [1.82, 2.24) is 9.13 Å². The first-order chi connectivity index (χ1) is 35.2. The third kappa shape index (κ3) is 11.4. The van der Waals surface area contributed by atoms with E-state index in [0.29, 0.717) is 39.6 Å². The van der Waals surface area contributed by atoms with Crippen molar-refractivity contribution < 1.29 is 38.0 Å². The van der Waals surface area contributed by atoms with Gasteiger partial charge in [-0.05, 0) is 162 Å². The normalized spacial score (nSPS) is 15.5. The maximum Gasteiger partial charge on any atom is 0.508 e. The first kappa shape index (κ1) is 49.0. The van der Waals surface area contributed by atoms with Crippen LogP contribution in [0.3, 0.4) is 0 Å². The Bertz CT molecular complexity index is 2910. The molecule has 0 saturated heterocycles. The maximum absolute atomic E-state index is 12.3. The minimum Gasteiger partial charge on any atom is -0.434 e. The summed E-state index contributed by atoms with van der Waals surface area (Å²) < 4.78 is 38.8. The molecule has 0 N–H and O–H groups in total. The molecule has 72 heavy (non-hydrogen) atoms. The van der Waals surface area contributed by atoms with Gasteiger partial charge in [-0.25, -0.2) is 9.59 Å². The van der Waals surface area contributed by atoms with Crippen LogP contribution in [0.5, 0.6) is 0 Å². The van der Waals surface area contributed by atoms with Crippen LogP contribution in [0, 0.1) is 0 Å². The molecule has 0 aliphatic heterocycles. The molecule has 6 aromatic carbocycles. The molecule has 0 amide bonds. The highest BCUT2D eigenvalue weighted by Gasteiger charge is 2.32. The van der Waals surface area contributed by atoms with Gasteiger partial charge in [-0.1, -0.05) is 97.8 Å². The van der Waals surface area contributed by atoms with E-state index in [9.17, 15) is 9.59 Å². The maximum atomic E-state index is 12.3. The standard InChI is InChI=1S/C62H68N2O8/c1-61(33-9-3-10-34-61)71-59(65)69-39-15-13-37-67-43-45-21-27-49(28-22-45)63-55-19-7-5-17-51(55)53-31-25-47(41-57(53)63)48-26-32-54-52-18-6-8-20-56(52)64(58(54)42-48)50-29-23-46(24-30-50)44-68-38-14-16-40-70-60(66)72-62(2)35-11-4-12-36-62/h5-8,17-32,41-42H,3-4,9-16,33-40,43-44H2,1-2H3. The van der Waals surface area contributed by atoms with E-state index in [-0.39, 0.29) is 11.2 Å². The zero-order valence-electron chi connectivity index (χ0n) is 42.0. The number of carbonyl (C=O) groups excluding carboxylic acids is 2. The Morgan fingerprint density at radius 3 is 1.22 bits per heavy atom. The number of ether oxygens (including phenoxy) is 6. The number of rotatable bonds is 19. The lowest BCUT2D eigenvalue weighted by Gasteiger charge is -2.32. The number of carbonyl (C=O) groups is 2. The quantitative estimate of drug-likeness (QED) is 0.0584. The molecule has 8 aromatic rings. The molecular formula is C62H68N2O8. The van der Waals surface area contributed by atoms with Gasteiger partial charge in [0.2, 0.25) is 0 Å². The number of hydrogen-bond donors (Lipinski definition) is 0. The Morgan fingerprint density at radius 1 is 0.431 bits per heavy atom. The smallest absolute Gasteiger partial charge is 0.434 e. The molecule has 10 rings (SSSR count). The van der Waals surface area contributed by atoms with Crippen molar-refractivity contribution in [3.8, 4) is 22.5 Å². The molecule has 0 atom stereocenters. The van der Waals surface area contributed by atoms with Gasteiger partial charge >= 0.3 is 12.3 Å². The van der Waals surface area contributed by atoms with E-state index >= 15 is 0 Å². The fourth-order valence-corrected chi connectivity index (χ4v) is 10.9. The van der Waals surface area contributed by atoms with Gasteiger partial charge in [-0.3, -0.25) is 0 Å². The SMILES string of the molecule is CC1(OC(=O)OCCCCOCc2ccc(-n3c4ccccc4c4ccc(-c5ccc6c7ccccc7n(-c7ccc(COCCCCOC(=O)OC8(C)CCCCC8)cc7)c6c5)cc43)cc2)CCCCC1. The van der Waals surface area contributed by atoms with E-state index < -0.39 is 12.3 Å². The first-order valence-corrected chi connectivity index (χ1v) is 26.4. The lowest BCUT2D eigenvalue weighted by atomic mass is 9.86. The summed E-state index contributed by atoms with van der Waals surface area (Å²) >= 11 is 0. The predicted molar refractivity (Wildman–Crippen MR) is 286 cm³/mol. The van der Waals surface area contributed by atoms with Crippen molar-refractivity contribution in [3.63, 3.8) is 0 Å². The lowest BCUT2D eigenvalue weighted by molar-refractivity contribution is -0.0456. The number of fused-ring (bicyclic) bond motifs is 6. The average Bonchev–Trinajstić information content (AvgIpc) is 3.91. The molecule has 10 nitrogen and oxygen atoms in total. The third-order valence-electron chi connectivity index (χ3n) is 14.9. The molecule has 10 heteroatoms. The van der Waals surface area contributed by atoms with Crippen molar-refractivity contribution in [3.05, 3.63) is 145 Å². The summed E-state index contributed by atoms with van der Waals surface area (Å²) in [5, 5.41) is 4.83. The van der Waals surface area contributed by atoms with Crippen LogP contribution in [0.25, 0.3) is 66.1 Å². The number of para-hydroxylation sites is 2. The van der Waals surface area contributed by atoms with Crippen LogP contribution >= 0.6 is 0 Å². The predicted octanol–water partition coefficient (Wildman–Crippen LogP) is 15.9. The highest BCUT2D eigenvalue weighted by atomic mass is 16.7. The Morgan fingerprint density at radius 2 is 0.806 bits per heavy atom. The van der Waals surface area contributed by atoms with Crippen molar-refractivity contribution in [2.24, 2.45) is 0 Å². The van der Waals surface area contributed by atoms with Crippen molar-refractivity contribution in [2.75, 3.05) is 26.4 Å². The monoisotopic (exact) mass is 968 g/mol. The topological polar surface area (TPSA) is 99.4 Å². The van der Waals surface area contributed by atoms with Gasteiger partial charge in [0.15, 0.2) is 0 Å². The molecule has 2 heterocycles. The Kier molecular flexibility index (Phi) is 15.3. The van der Waals surface area contributed by atoms with Gasteiger partial charge in [-0.15, -0.1) is 0 Å².